The Balaban J connectivity index is 2.41. The first-order chi connectivity index (χ1) is 9.02. The highest BCUT2D eigenvalue weighted by atomic mass is 35.5. The number of hydrogen-bond donors (Lipinski definition) is 0. The zero-order valence-electron chi connectivity index (χ0n) is 11.2. The summed E-state index contributed by atoms with van der Waals surface area (Å²) in [5.41, 5.74) is 3.52. The second-order valence-electron chi connectivity index (χ2n) is 4.48. The average molecular weight is 275 g/mol. The molecule has 0 saturated heterocycles. The lowest BCUT2D eigenvalue weighted by Crippen LogP contribution is -2.02. The third kappa shape index (κ3) is 2.79. The highest BCUT2D eigenvalue weighted by Crippen LogP contribution is 2.26. The van der Waals surface area contributed by atoms with Gasteiger partial charge < -0.3 is 4.74 Å². The maximum atomic E-state index is 12.4. The molecule has 0 N–H and O–H groups in total. The largest absolute Gasteiger partial charge is 0.495 e. The molecule has 0 fully saturated rings. The molecular formula is C16H15ClO2. The number of hydrogen-bond acceptors (Lipinski definition) is 2. The fraction of sp³-hybridized carbons (Fsp3) is 0.188. The van der Waals surface area contributed by atoms with Gasteiger partial charge in [0.1, 0.15) is 5.75 Å². The molecule has 2 aromatic rings. The molecule has 2 rings (SSSR count). The Morgan fingerprint density at radius 3 is 2.26 bits per heavy atom. The van der Waals surface area contributed by atoms with Crippen molar-refractivity contribution in [2.45, 2.75) is 13.8 Å². The van der Waals surface area contributed by atoms with E-state index in [4.69, 9.17) is 16.3 Å². The summed E-state index contributed by atoms with van der Waals surface area (Å²) in [6.45, 7) is 4.02. The van der Waals surface area contributed by atoms with E-state index in [1.54, 1.807) is 18.2 Å². The zero-order valence-corrected chi connectivity index (χ0v) is 11.9. The summed E-state index contributed by atoms with van der Waals surface area (Å²) < 4.78 is 5.13. The molecule has 0 saturated carbocycles. The third-order valence-corrected chi connectivity index (χ3v) is 3.49. The molecular weight excluding hydrogens is 260 g/mol. The van der Waals surface area contributed by atoms with Gasteiger partial charge in [-0.3, -0.25) is 4.79 Å². The van der Waals surface area contributed by atoms with Gasteiger partial charge in [0.25, 0.3) is 0 Å². The van der Waals surface area contributed by atoms with Gasteiger partial charge in [0.2, 0.25) is 0 Å². The standard InChI is InChI=1S/C16H15ClO2/c1-10-4-5-12(8-11(10)2)16(18)13-6-7-14(17)15(9-13)19-3/h4-9H,1-3H3. The molecule has 2 aromatic carbocycles. The molecule has 0 radical (unpaired) electrons. The molecule has 0 spiro atoms. The predicted octanol–water partition coefficient (Wildman–Crippen LogP) is 4.20. The highest BCUT2D eigenvalue weighted by Gasteiger charge is 2.12. The molecule has 0 heterocycles. The van der Waals surface area contributed by atoms with Crippen molar-refractivity contribution in [3.05, 3.63) is 63.7 Å². The van der Waals surface area contributed by atoms with E-state index in [-0.39, 0.29) is 5.78 Å². The van der Waals surface area contributed by atoms with Crippen molar-refractivity contribution in [2.24, 2.45) is 0 Å². The Bertz CT molecular complexity index is 633. The number of ether oxygens (including phenoxy) is 1. The van der Waals surface area contributed by atoms with Crippen molar-refractivity contribution in [1.82, 2.24) is 0 Å². The Morgan fingerprint density at radius 1 is 1.00 bits per heavy atom. The minimum Gasteiger partial charge on any atom is -0.495 e. The monoisotopic (exact) mass is 274 g/mol. The van der Waals surface area contributed by atoms with Crippen LogP contribution >= 0.6 is 11.6 Å². The molecule has 0 aliphatic rings. The molecule has 98 valence electrons. The van der Waals surface area contributed by atoms with E-state index >= 15 is 0 Å². The summed E-state index contributed by atoms with van der Waals surface area (Å²) in [6, 6.07) is 10.7. The number of ketones is 1. The van der Waals surface area contributed by atoms with Gasteiger partial charge in [-0.25, -0.2) is 0 Å². The van der Waals surface area contributed by atoms with Crippen LogP contribution in [0.4, 0.5) is 0 Å². The SMILES string of the molecule is COc1cc(C(=O)c2ccc(C)c(C)c2)ccc1Cl. The Kier molecular flexibility index (Phi) is 3.91. The summed E-state index contributed by atoms with van der Waals surface area (Å²) in [4.78, 5) is 12.4. The first-order valence-corrected chi connectivity index (χ1v) is 6.36. The molecule has 0 aromatic heterocycles. The van der Waals surface area contributed by atoms with Crippen molar-refractivity contribution in [3.63, 3.8) is 0 Å². The van der Waals surface area contributed by atoms with E-state index in [1.807, 2.05) is 32.0 Å². The average Bonchev–Trinajstić information content (AvgIpc) is 2.41. The minimum absolute atomic E-state index is 0.0296. The smallest absolute Gasteiger partial charge is 0.193 e. The van der Waals surface area contributed by atoms with Crippen LogP contribution < -0.4 is 4.74 Å². The summed E-state index contributed by atoms with van der Waals surface area (Å²) in [5, 5.41) is 0.499. The lowest BCUT2D eigenvalue weighted by molar-refractivity contribution is 0.103. The van der Waals surface area contributed by atoms with Gasteiger partial charge in [-0.1, -0.05) is 23.7 Å². The van der Waals surface area contributed by atoms with Crippen molar-refractivity contribution in [3.8, 4) is 5.75 Å². The first kappa shape index (κ1) is 13.6. The summed E-state index contributed by atoms with van der Waals surface area (Å²) >= 11 is 5.96. The maximum absolute atomic E-state index is 12.4. The fourth-order valence-electron chi connectivity index (χ4n) is 1.85. The second kappa shape index (κ2) is 5.45. The third-order valence-electron chi connectivity index (χ3n) is 3.18. The van der Waals surface area contributed by atoms with Crippen LogP contribution in [0.2, 0.25) is 5.02 Å². The number of carbonyl (C=O) groups excluding carboxylic acids is 1. The minimum atomic E-state index is -0.0296. The molecule has 0 aliphatic carbocycles. The van der Waals surface area contributed by atoms with Crippen molar-refractivity contribution in [2.75, 3.05) is 7.11 Å². The topological polar surface area (TPSA) is 26.3 Å². The predicted molar refractivity (Wildman–Crippen MR) is 77.4 cm³/mol. The van der Waals surface area contributed by atoms with Gasteiger partial charge in [-0.05, 0) is 49.2 Å². The van der Waals surface area contributed by atoms with Gasteiger partial charge in [-0.2, -0.15) is 0 Å². The number of carbonyl (C=O) groups is 1. The van der Waals surface area contributed by atoms with Crippen LogP contribution in [-0.2, 0) is 0 Å². The van der Waals surface area contributed by atoms with Gasteiger partial charge >= 0.3 is 0 Å². The van der Waals surface area contributed by atoms with Crippen molar-refractivity contribution in [1.29, 1.82) is 0 Å². The van der Waals surface area contributed by atoms with Crippen LogP contribution in [0.5, 0.6) is 5.75 Å². The van der Waals surface area contributed by atoms with E-state index in [2.05, 4.69) is 0 Å². The van der Waals surface area contributed by atoms with Crippen LogP contribution in [0.25, 0.3) is 0 Å². The normalized spacial score (nSPS) is 10.3. The van der Waals surface area contributed by atoms with Gasteiger partial charge in [-0.15, -0.1) is 0 Å². The number of rotatable bonds is 3. The van der Waals surface area contributed by atoms with Crippen LogP contribution in [0.1, 0.15) is 27.0 Å². The molecule has 0 amide bonds. The molecule has 0 unspecified atom stereocenters. The van der Waals surface area contributed by atoms with Crippen LogP contribution in [-0.4, -0.2) is 12.9 Å². The number of benzene rings is 2. The van der Waals surface area contributed by atoms with Gasteiger partial charge in [0.15, 0.2) is 5.78 Å². The molecule has 0 atom stereocenters. The van der Waals surface area contributed by atoms with Crippen molar-refractivity contribution >= 4 is 17.4 Å². The maximum Gasteiger partial charge on any atom is 0.193 e. The van der Waals surface area contributed by atoms with Crippen LogP contribution in [0.15, 0.2) is 36.4 Å². The lowest BCUT2D eigenvalue weighted by atomic mass is 9.99. The number of aryl methyl sites for hydroxylation is 2. The van der Waals surface area contributed by atoms with Gasteiger partial charge in [0.05, 0.1) is 12.1 Å². The van der Waals surface area contributed by atoms with E-state index in [0.29, 0.717) is 21.9 Å². The van der Waals surface area contributed by atoms with E-state index in [1.165, 1.54) is 12.7 Å². The molecule has 0 bridgehead atoms. The van der Waals surface area contributed by atoms with Gasteiger partial charge in [0, 0.05) is 11.1 Å². The molecule has 2 nitrogen and oxygen atoms in total. The quantitative estimate of drug-likeness (QED) is 0.784. The Morgan fingerprint density at radius 2 is 1.63 bits per heavy atom. The fourth-order valence-corrected chi connectivity index (χ4v) is 2.05. The zero-order chi connectivity index (χ0) is 14.0. The molecule has 0 aliphatic heterocycles. The first-order valence-electron chi connectivity index (χ1n) is 5.98. The summed E-state index contributed by atoms with van der Waals surface area (Å²) in [5.74, 6) is 0.481. The van der Waals surface area contributed by atoms with Crippen LogP contribution in [0.3, 0.4) is 0 Å². The molecule has 19 heavy (non-hydrogen) atoms. The summed E-state index contributed by atoms with van der Waals surface area (Å²) in [6.07, 6.45) is 0. The van der Waals surface area contributed by atoms with E-state index < -0.39 is 0 Å². The Hall–Kier alpha value is -1.80. The van der Waals surface area contributed by atoms with E-state index in [9.17, 15) is 4.79 Å². The second-order valence-corrected chi connectivity index (χ2v) is 4.88. The highest BCUT2D eigenvalue weighted by molar-refractivity contribution is 6.32. The van der Waals surface area contributed by atoms with Crippen molar-refractivity contribution < 1.29 is 9.53 Å². The van der Waals surface area contributed by atoms with E-state index in [0.717, 1.165) is 5.56 Å². The lowest BCUT2D eigenvalue weighted by Gasteiger charge is -2.07. The van der Waals surface area contributed by atoms with Crippen LogP contribution in [0, 0.1) is 13.8 Å². The summed E-state index contributed by atoms with van der Waals surface area (Å²) in [7, 11) is 1.53. The number of methoxy groups -OCH3 is 1. The number of halogens is 1. The Labute approximate surface area is 118 Å². The molecule has 3 heteroatoms.